The standard InChI is InChI=1S/C5H9NOS/c1-4(7)6-5(8)2-3-5/h8H,2-3H2,1H3,(H,6,7). The fourth-order valence-corrected chi connectivity index (χ4v) is 0.840. The first-order valence-corrected chi connectivity index (χ1v) is 3.08. The van der Waals surface area contributed by atoms with Crippen LogP contribution in [0.5, 0.6) is 0 Å². The maximum Gasteiger partial charge on any atom is 0.217 e. The van der Waals surface area contributed by atoms with Crippen molar-refractivity contribution in [2.24, 2.45) is 0 Å². The molecule has 1 amide bonds. The Labute approximate surface area is 54.1 Å². The normalized spacial score (nSPS) is 22.2. The topological polar surface area (TPSA) is 29.1 Å². The Morgan fingerprint density at radius 1 is 1.75 bits per heavy atom. The molecule has 0 bridgehead atoms. The number of carbonyl (C=O) groups excluding carboxylic acids is 1. The second-order valence-corrected chi connectivity index (χ2v) is 3.07. The number of amides is 1. The van der Waals surface area contributed by atoms with Gasteiger partial charge in [-0.2, -0.15) is 12.6 Å². The molecule has 0 aromatic rings. The van der Waals surface area contributed by atoms with Gasteiger partial charge >= 0.3 is 0 Å². The van der Waals surface area contributed by atoms with E-state index < -0.39 is 0 Å². The van der Waals surface area contributed by atoms with E-state index in [4.69, 9.17) is 0 Å². The van der Waals surface area contributed by atoms with Gasteiger partial charge in [0.2, 0.25) is 5.91 Å². The summed E-state index contributed by atoms with van der Waals surface area (Å²) >= 11 is 4.17. The van der Waals surface area contributed by atoms with Crippen molar-refractivity contribution in [3.8, 4) is 0 Å². The van der Waals surface area contributed by atoms with Crippen molar-refractivity contribution in [1.82, 2.24) is 5.32 Å². The molecule has 0 heterocycles. The smallest absolute Gasteiger partial charge is 0.217 e. The molecule has 1 aliphatic carbocycles. The van der Waals surface area contributed by atoms with Gasteiger partial charge in [0.15, 0.2) is 0 Å². The highest BCUT2D eigenvalue weighted by molar-refractivity contribution is 7.82. The van der Waals surface area contributed by atoms with Crippen LogP contribution in [-0.4, -0.2) is 10.8 Å². The van der Waals surface area contributed by atoms with Crippen LogP contribution in [0.3, 0.4) is 0 Å². The van der Waals surface area contributed by atoms with E-state index in [1.807, 2.05) is 0 Å². The summed E-state index contributed by atoms with van der Waals surface area (Å²) in [6.45, 7) is 1.51. The molecular weight excluding hydrogens is 122 g/mol. The molecule has 46 valence electrons. The second-order valence-electron chi connectivity index (χ2n) is 2.21. The molecule has 1 fully saturated rings. The number of carbonyl (C=O) groups is 1. The lowest BCUT2D eigenvalue weighted by Gasteiger charge is -2.05. The lowest BCUT2D eigenvalue weighted by Crippen LogP contribution is -2.29. The van der Waals surface area contributed by atoms with Crippen LogP contribution in [0.25, 0.3) is 0 Å². The summed E-state index contributed by atoms with van der Waals surface area (Å²) in [7, 11) is 0. The van der Waals surface area contributed by atoms with Crippen molar-refractivity contribution in [3.05, 3.63) is 0 Å². The number of hydrogen-bond acceptors (Lipinski definition) is 2. The molecule has 3 heteroatoms. The maximum absolute atomic E-state index is 10.3. The third kappa shape index (κ3) is 1.40. The first-order valence-electron chi connectivity index (χ1n) is 2.63. The van der Waals surface area contributed by atoms with E-state index in [2.05, 4.69) is 17.9 Å². The highest BCUT2D eigenvalue weighted by atomic mass is 32.1. The van der Waals surface area contributed by atoms with Crippen LogP contribution in [-0.2, 0) is 4.79 Å². The van der Waals surface area contributed by atoms with Crippen LogP contribution >= 0.6 is 12.6 Å². The van der Waals surface area contributed by atoms with E-state index in [-0.39, 0.29) is 10.8 Å². The minimum absolute atomic E-state index is 0.0116. The highest BCUT2D eigenvalue weighted by Gasteiger charge is 2.39. The van der Waals surface area contributed by atoms with E-state index in [0.29, 0.717) is 0 Å². The fourth-order valence-electron chi connectivity index (χ4n) is 0.571. The third-order valence-electron chi connectivity index (χ3n) is 1.13. The second kappa shape index (κ2) is 1.65. The number of hydrogen-bond donors (Lipinski definition) is 2. The Balaban J connectivity index is 2.29. The Bertz CT molecular complexity index is 120. The van der Waals surface area contributed by atoms with Gasteiger partial charge in [-0.15, -0.1) is 0 Å². The van der Waals surface area contributed by atoms with Crippen LogP contribution in [0.4, 0.5) is 0 Å². The summed E-state index contributed by atoms with van der Waals surface area (Å²) in [5.41, 5.74) is 0. The van der Waals surface area contributed by atoms with Gasteiger partial charge < -0.3 is 5.32 Å². The zero-order chi connectivity index (χ0) is 6.20. The summed E-state index contributed by atoms with van der Waals surface area (Å²) in [5, 5.41) is 2.72. The number of nitrogens with one attached hydrogen (secondary N) is 1. The van der Waals surface area contributed by atoms with Gasteiger partial charge in [-0.1, -0.05) is 0 Å². The average Bonchev–Trinajstić information content (AvgIpc) is 2.17. The van der Waals surface area contributed by atoms with Crippen LogP contribution < -0.4 is 5.32 Å². The average molecular weight is 131 g/mol. The zero-order valence-corrected chi connectivity index (χ0v) is 5.66. The third-order valence-corrected chi connectivity index (χ3v) is 1.69. The van der Waals surface area contributed by atoms with Gasteiger partial charge in [0.1, 0.15) is 0 Å². The highest BCUT2D eigenvalue weighted by Crippen LogP contribution is 2.38. The van der Waals surface area contributed by atoms with Gasteiger partial charge in [-0.05, 0) is 12.8 Å². The van der Waals surface area contributed by atoms with E-state index in [9.17, 15) is 4.79 Å². The monoisotopic (exact) mass is 131 g/mol. The quantitative estimate of drug-likeness (QED) is 0.395. The minimum Gasteiger partial charge on any atom is -0.342 e. The van der Waals surface area contributed by atoms with Crippen LogP contribution in [0.1, 0.15) is 19.8 Å². The van der Waals surface area contributed by atoms with Crippen molar-refractivity contribution >= 4 is 18.5 Å². The first-order chi connectivity index (χ1) is 3.62. The number of rotatable bonds is 1. The molecule has 1 rings (SSSR count). The summed E-state index contributed by atoms with van der Waals surface area (Å²) in [6.07, 6.45) is 2.02. The lowest BCUT2D eigenvalue weighted by atomic mass is 10.6. The molecule has 0 radical (unpaired) electrons. The van der Waals surface area contributed by atoms with E-state index >= 15 is 0 Å². The van der Waals surface area contributed by atoms with Crippen molar-refractivity contribution in [2.75, 3.05) is 0 Å². The van der Waals surface area contributed by atoms with Gasteiger partial charge in [-0.3, -0.25) is 4.79 Å². The molecule has 0 aromatic heterocycles. The predicted octanol–water partition coefficient (Wildman–Crippen LogP) is 0.542. The van der Waals surface area contributed by atoms with Crippen molar-refractivity contribution in [2.45, 2.75) is 24.6 Å². The van der Waals surface area contributed by atoms with Crippen molar-refractivity contribution in [3.63, 3.8) is 0 Å². The largest absolute Gasteiger partial charge is 0.342 e. The van der Waals surface area contributed by atoms with Crippen molar-refractivity contribution in [1.29, 1.82) is 0 Å². The molecule has 1 N–H and O–H groups in total. The Morgan fingerprint density at radius 2 is 2.25 bits per heavy atom. The Kier molecular flexibility index (Phi) is 1.23. The molecule has 0 unspecified atom stereocenters. The molecule has 1 aliphatic rings. The SMILES string of the molecule is CC(=O)NC1(S)CC1. The maximum atomic E-state index is 10.3. The van der Waals surface area contributed by atoms with Gasteiger partial charge in [0.05, 0.1) is 4.87 Å². The molecule has 0 spiro atoms. The van der Waals surface area contributed by atoms with Gasteiger partial charge in [0.25, 0.3) is 0 Å². The van der Waals surface area contributed by atoms with E-state index in [0.717, 1.165) is 12.8 Å². The molecule has 8 heavy (non-hydrogen) atoms. The fraction of sp³-hybridized carbons (Fsp3) is 0.800. The van der Waals surface area contributed by atoms with Crippen molar-refractivity contribution < 1.29 is 4.79 Å². The molecular formula is C5H9NOS. The first kappa shape index (κ1) is 5.95. The van der Waals surface area contributed by atoms with E-state index in [1.54, 1.807) is 0 Å². The van der Waals surface area contributed by atoms with Crippen LogP contribution in [0, 0.1) is 0 Å². The summed E-state index contributed by atoms with van der Waals surface area (Å²) in [4.78, 5) is 10.2. The lowest BCUT2D eigenvalue weighted by molar-refractivity contribution is -0.119. The molecule has 0 saturated heterocycles. The van der Waals surface area contributed by atoms with Gasteiger partial charge in [-0.25, -0.2) is 0 Å². The summed E-state index contributed by atoms with van der Waals surface area (Å²) < 4.78 is 0. The van der Waals surface area contributed by atoms with Crippen LogP contribution in [0.2, 0.25) is 0 Å². The summed E-state index contributed by atoms with van der Waals surface area (Å²) in [5.74, 6) is 0.0116. The Morgan fingerprint density at radius 3 is 2.38 bits per heavy atom. The van der Waals surface area contributed by atoms with E-state index in [1.165, 1.54) is 6.92 Å². The van der Waals surface area contributed by atoms with Gasteiger partial charge in [0, 0.05) is 6.92 Å². The molecule has 2 nitrogen and oxygen atoms in total. The zero-order valence-electron chi connectivity index (χ0n) is 4.77. The Hall–Kier alpha value is -0.180. The molecule has 1 saturated carbocycles. The molecule has 0 atom stereocenters. The molecule has 0 aromatic carbocycles. The van der Waals surface area contributed by atoms with Crippen LogP contribution in [0.15, 0.2) is 0 Å². The predicted molar refractivity (Wildman–Crippen MR) is 34.8 cm³/mol. The number of thiol groups is 1. The summed E-state index contributed by atoms with van der Waals surface area (Å²) in [6, 6.07) is 0. The molecule has 0 aliphatic heterocycles. The minimum atomic E-state index is -0.133.